The van der Waals surface area contributed by atoms with Gasteiger partial charge in [-0.2, -0.15) is 4.98 Å². The Bertz CT molecular complexity index is 812. The molecule has 124 valence electrons. The van der Waals surface area contributed by atoms with E-state index in [-0.39, 0.29) is 11.7 Å². The van der Waals surface area contributed by atoms with Crippen molar-refractivity contribution in [3.05, 3.63) is 71.6 Å². The second kappa shape index (κ2) is 6.95. The minimum absolute atomic E-state index is 0.141. The molecule has 3 aromatic rings. The van der Waals surface area contributed by atoms with Crippen LogP contribution < -0.4 is 0 Å². The molecule has 0 amide bonds. The van der Waals surface area contributed by atoms with E-state index in [1.165, 1.54) is 0 Å². The number of hydrogen-bond acceptors (Lipinski definition) is 3. The summed E-state index contributed by atoms with van der Waals surface area (Å²) in [6, 6.07) is 14.8. The van der Waals surface area contributed by atoms with Gasteiger partial charge in [0.15, 0.2) is 5.82 Å². The molecule has 0 aliphatic carbocycles. The molecule has 1 aromatic heterocycles. The Labute approximate surface area is 141 Å². The van der Waals surface area contributed by atoms with Crippen LogP contribution in [0.1, 0.15) is 44.0 Å². The Hall–Kier alpha value is -2.49. The van der Waals surface area contributed by atoms with E-state index < -0.39 is 0 Å². The van der Waals surface area contributed by atoms with E-state index in [4.69, 9.17) is 4.52 Å². The lowest BCUT2D eigenvalue weighted by Crippen LogP contribution is -2.00. The Morgan fingerprint density at radius 1 is 1.04 bits per heavy atom. The number of halogens is 1. The highest BCUT2D eigenvalue weighted by molar-refractivity contribution is 5.64. The summed E-state index contributed by atoms with van der Waals surface area (Å²) < 4.78 is 19.9. The molecule has 0 bridgehead atoms. The molecular formula is C20H21FN2O. The highest BCUT2D eigenvalue weighted by atomic mass is 19.1. The normalized spacial score (nSPS) is 12.5. The standard InChI is InChI=1S/C20H21FN2O/c1-13(2)11-19-22-20(24-23-19)14(3)16-9-10-17(18(21)12-16)15-7-5-4-6-8-15/h4-10,12-14H,11H2,1-3H3. The third-order valence-corrected chi connectivity index (χ3v) is 4.02. The fraction of sp³-hybridized carbons (Fsp3) is 0.300. The highest BCUT2D eigenvalue weighted by Crippen LogP contribution is 2.28. The van der Waals surface area contributed by atoms with Crippen molar-refractivity contribution >= 4 is 0 Å². The molecule has 4 heteroatoms. The summed E-state index contributed by atoms with van der Waals surface area (Å²) in [5, 5.41) is 4.01. The van der Waals surface area contributed by atoms with Crippen LogP contribution in [0.2, 0.25) is 0 Å². The molecule has 0 saturated heterocycles. The van der Waals surface area contributed by atoms with E-state index in [9.17, 15) is 4.39 Å². The maximum atomic E-state index is 14.5. The molecule has 3 rings (SSSR count). The first-order valence-electron chi connectivity index (χ1n) is 8.22. The third kappa shape index (κ3) is 3.53. The first-order chi connectivity index (χ1) is 11.5. The number of rotatable bonds is 5. The Morgan fingerprint density at radius 2 is 1.79 bits per heavy atom. The molecule has 0 N–H and O–H groups in total. The van der Waals surface area contributed by atoms with E-state index in [0.29, 0.717) is 23.2 Å². The van der Waals surface area contributed by atoms with Gasteiger partial charge in [0.1, 0.15) is 5.82 Å². The minimum Gasteiger partial charge on any atom is -0.339 e. The number of hydrogen-bond donors (Lipinski definition) is 0. The van der Waals surface area contributed by atoms with Gasteiger partial charge >= 0.3 is 0 Å². The summed E-state index contributed by atoms with van der Waals surface area (Å²) >= 11 is 0. The van der Waals surface area contributed by atoms with Crippen LogP contribution in [0.4, 0.5) is 4.39 Å². The van der Waals surface area contributed by atoms with Gasteiger partial charge in [0, 0.05) is 12.0 Å². The number of benzene rings is 2. The summed E-state index contributed by atoms with van der Waals surface area (Å²) in [6.45, 7) is 6.16. The molecule has 0 fully saturated rings. The SMILES string of the molecule is CC(C)Cc1noc(C(C)c2ccc(-c3ccccc3)c(F)c2)n1. The molecule has 2 aromatic carbocycles. The molecule has 0 aliphatic heterocycles. The molecule has 0 radical (unpaired) electrons. The van der Waals surface area contributed by atoms with Crippen molar-refractivity contribution < 1.29 is 8.91 Å². The first kappa shape index (κ1) is 16.4. The van der Waals surface area contributed by atoms with Crippen LogP contribution >= 0.6 is 0 Å². The van der Waals surface area contributed by atoms with Gasteiger partial charge in [0.25, 0.3) is 0 Å². The molecule has 3 nitrogen and oxygen atoms in total. The second-order valence-corrected chi connectivity index (χ2v) is 6.47. The van der Waals surface area contributed by atoms with E-state index >= 15 is 0 Å². The Kier molecular flexibility index (Phi) is 4.74. The lowest BCUT2D eigenvalue weighted by atomic mass is 9.97. The van der Waals surface area contributed by atoms with Gasteiger partial charge in [-0.1, -0.05) is 61.5 Å². The van der Waals surface area contributed by atoms with E-state index in [0.717, 1.165) is 17.5 Å². The van der Waals surface area contributed by atoms with Crippen molar-refractivity contribution in [3.8, 4) is 11.1 Å². The van der Waals surface area contributed by atoms with Crippen LogP contribution in [0.25, 0.3) is 11.1 Å². The first-order valence-corrected chi connectivity index (χ1v) is 8.22. The fourth-order valence-electron chi connectivity index (χ4n) is 2.69. The van der Waals surface area contributed by atoms with Gasteiger partial charge in [-0.25, -0.2) is 4.39 Å². The van der Waals surface area contributed by atoms with Crippen LogP contribution in [0.5, 0.6) is 0 Å². The zero-order valence-electron chi connectivity index (χ0n) is 14.2. The van der Waals surface area contributed by atoms with Crippen LogP contribution in [0.3, 0.4) is 0 Å². The van der Waals surface area contributed by atoms with Crippen molar-refractivity contribution in [3.63, 3.8) is 0 Å². The van der Waals surface area contributed by atoms with Crippen LogP contribution in [-0.4, -0.2) is 10.1 Å². The highest BCUT2D eigenvalue weighted by Gasteiger charge is 2.18. The molecule has 0 spiro atoms. The molecule has 0 aliphatic rings. The summed E-state index contributed by atoms with van der Waals surface area (Å²) in [5.41, 5.74) is 2.29. The maximum Gasteiger partial charge on any atom is 0.233 e. The van der Waals surface area contributed by atoms with E-state index in [1.807, 2.05) is 49.4 Å². The van der Waals surface area contributed by atoms with Crippen molar-refractivity contribution in [2.24, 2.45) is 5.92 Å². The fourth-order valence-corrected chi connectivity index (χ4v) is 2.69. The lowest BCUT2D eigenvalue weighted by Gasteiger charge is -2.10. The van der Waals surface area contributed by atoms with Gasteiger partial charge in [-0.3, -0.25) is 0 Å². The summed E-state index contributed by atoms with van der Waals surface area (Å²) in [5.74, 6) is 1.31. The van der Waals surface area contributed by atoms with Crippen LogP contribution in [-0.2, 0) is 6.42 Å². The largest absolute Gasteiger partial charge is 0.339 e. The molecule has 1 heterocycles. The van der Waals surface area contributed by atoms with Gasteiger partial charge in [0.05, 0.1) is 5.92 Å². The number of nitrogens with zero attached hydrogens (tertiary/aromatic N) is 2. The van der Waals surface area contributed by atoms with Crippen LogP contribution in [0.15, 0.2) is 53.1 Å². The maximum absolute atomic E-state index is 14.5. The summed E-state index contributed by atoms with van der Waals surface area (Å²) in [6.07, 6.45) is 0.775. The molecular weight excluding hydrogens is 303 g/mol. The monoisotopic (exact) mass is 324 g/mol. The van der Waals surface area contributed by atoms with Crippen molar-refractivity contribution in [1.82, 2.24) is 10.1 Å². The zero-order valence-corrected chi connectivity index (χ0v) is 14.2. The van der Waals surface area contributed by atoms with Gasteiger partial charge < -0.3 is 4.52 Å². The van der Waals surface area contributed by atoms with Crippen molar-refractivity contribution in [2.45, 2.75) is 33.1 Å². The molecule has 1 unspecified atom stereocenters. The average Bonchev–Trinajstić information content (AvgIpc) is 3.02. The minimum atomic E-state index is -0.243. The predicted molar refractivity (Wildman–Crippen MR) is 92.2 cm³/mol. The number of aromatic nitrogens is 2. The quantitative estimate of drug-likeness (QED) is 0.645. The lowest BCUT2D eigenvalue weighted by molar-refractivity contribution is 0.363. The Morgan fingerprint density at radius 3 is 2.46 bits per heavy atom. The van der Waals surface area contributed by atoms with Crippen LogP contribution in [0, 0.1) is 11.7 Å². The van der Waals surface area contributed by atoms with Gasteiger partial charge in [-0.15, -0.1) is 0 Å². The predicted octanol–water partition coefficient (Wildman–Crippen LogP) is 5.23. The molecule has 0 saturated carbocycles. The van der Waals surface area contributed by atoms with Gasteiger partial charge in [0.2, 0.25) is 5.89 Å². The summed E-state index contributed by atoms with van der Waals surface area (Å²) in [4.78, 5) is 4.44. The van der Waals surface area contributed by atoms with Crippen molar-refractivity contribution in [2.75, 3.05) is 0 Å². The topological polar surface area (TPSA) is 38.9 Å². The smallest absolute Gasteiger partial charge is 0.233 e. The third-order valence-electron chi connectivity index (χ3n) is 4.02. The average molecular weight is 324 g/mol. The van der Waals surface area contributed by atoms with Crippen molar-refractivity contribution in [1.29, 1.82) is 0 Å². The molecule has 24 heavy (non-hydrogen) atoms. The summed E-state index contributed by atoms with van der Waals surface area (Å²) in [7, 11) is 0. The second-order valence-electron chi connectivity index (χ2n) is 6.47. The van der Waals surface area contributed by atoms with E-state index in [1.54, 1.807) is 6.07 Å². The zero-order chi connectivity index (χ0) is 17.1. The molecule has 1 atom stereocenters. The van der Waals surface area contributed by atoms with E-state index in [2.05, 4.69) is 24.0 Å². The Balaban J connectivity index is 1.84. The van der Waals surface area contributed by atoms with Gasteiger partial charge in [-0.05, 0) is 30.0 Å².